The van der Waals surface area contributed by atoms with Crippen LogP contribution in [0, 0.1) is 23.9 Å². The zero-order chi connectivity index (χ0) is 15.4. The van der Waals surface area contributed by atoms with Crippen molar-refractivity contribution in [2.75, 3.05) is 0 Å². The third-order valence-corrected chi connectivity index (χ3v) is 3.86. The van der Waals surface area contributed by atoms with Gasteiger partial charge < -0.3 is 5.11 Å². The first-order valence-electron chi connectivity index (χ1n) is 9.03. The van der Waals surface area contributed by atoms with Crippen LogP contribution in [-0.2, 0) is 0 Å². The fraction of sp³-hybridized carbons (Fsp3) is 0.800. The molecular weight excluding hydrogens is 256 g/mol. The highest BCUT2D eigenvalue weighted by atomic mass is 16.2. The molecule has 0 heterocycles. The second kappa shape index (κ2) is 18.9. The van der Waals surface area contributed by atoms with E-state index in [0.29, 0.717) is 0 Å². The van der Waals surface area contributed by atoms with Crippen LogP contribution in [0.2, 0.25) is 0 Å². The molecule has 1 N–H and O–H groups in total. The first-order chi connectivity index (χ1) is 10.4. The summed E-state index contributed by atoms with van der Waals surface area (Å²) in [6, 6.07) is 0. The smallest absolute Gasteiger partial charge is 0.122 e. The predicted octanol–water partition coefficient (Wildman–Crippen LogP) is 6.19. The van der Waals surface area contributed by atoms with Crippen molar-refractivity contribution in [1.29, 1.82) is 0 Å². The maximum atomic E-state index is 8.23. The van der Waals surface area contributed by atoms with E-state index in [4.69, 9.17) is 5.11 Å². The quantitative estimate of drug-likeness (QED) is 0.298. The Morgan fingerprint density at radius 2 is 1.00 bits per heavy atom. The molecule has 0 aliphatic rings. The van der Waals surface area contributed by atoms with Gasteiger partial charge in [0.25, 0.3) is 0 Å². The Balaban J connectivity index is 3.02. The van der Waals surface area contributed by atoms with Crippen LogP contribution in [0.15, 0.2) is 0 Å². The van der Waals surface area contributed by atoms with Gasteiger partial charge in [0.1, 0.15) is 6.11 Å². The van der Waals surface area contributed by atoms with Crippen LogP contribution < -0.4 is 0 Å². The Morgan fingerprint density at radius 1 is 0.571 bits per heavy atom. The number of hydrogen-bond acceptors (Lipinski definition) is 1. The molecule has 0 fully saturated rings. The lowest BCUT2D eigenvalue weighted by Crippen LogP contribution is -1.83. The number of aliphatic hydroxyl groups excluding tert-OH is 1. The van der Waals surface area contributed by atoms with E-state index in [1.165, 1.54) is 83.5 Å². The minimum Gasteiger partial charge on any atom is -0.461 e. The van der Waals surface area contributed by atoms with E-state index in [9.17, 15) is 0 Å². The van der Waals surface area contributed by atoms with Crippen LogP contribution in [0.25, 0.3) is 0 Å². The average molecular weight is 290 g/mol. The second-order valence-electron chi connectivity index (χ2n) is 5.88. The Bertz CT molecular complexity index is 310. The van der Waals surface area contributed by atoms with E-state index >= 15 is 0 Å². The highest BCUT2D eigenvalue weighted by molar-refractivity contribution is 5.23. The molecule has 0 spiro atoms. The van der Waals surface area contributed by atoms with Crippen molar-refractivity contribution in [3.63, 3.8) is 0 Å². The first-order valence-corrected chi connectivity index (χ1v) is 9.03. The van der Waals surface area contributed by atoms with Crippen LogP contribution in [-0.4, -0.2) is 5.11 Å². The molecule has 1 nitrogen and oxygen atoms in total. The van der Waals surface area contributed by atoms with E-state index in [1.807, 2.05) is 0 Å². The van der Waals surface area contributed by atoms with E-state index in [0.717, 1.165) is 12.8 Å². The molecule has 0 saturated heterocycles. The monoisotopic (exact) mass is 290 g/mol. The van der Waals surface area contributed by atoms with Crippen LogP contribution in [0.1, 0.15) is 103 Å². The molecule has 0 aromatic rings. The summed E-state index contributed by atoms with van der Waals surface area (Å²) in [5.41, 5.74) is 0. The van der Waals surface area contributed by atoms with Crippen molar-refractivity contribution in [2.45, 2.75) is 103 Å². The van der Waals surface area contributed by atoms with E-state index in [2.05, 4.69) is 24.7 Å². The number of unbranched alkanes of at least 4 members (excludes halogenated alkanes) is 14. The van der Waals surface area contributed by atoms with Crippen molar-refractivity contribution in [3.05, 3.63) is 0 Å². The molecule has 0 aliphatic heterocycles. The summed E-state index contributed by atoms with van der Waals surface area (Å²) >= 11 is 0. The van der Waals surface area contributed by atoms with Gasteiger partial charge in [0.2, 0.25) is 0 Å². The fourth-order valence-corrected chi connectivity index (χ4v) is 2.54. The summed E-state index contributed by atoms with van der Waals surface area (Å²) in [5, 5.41) is 8.23. The van der Waals surface area contributed by atoms with E-state index < -0.39 is 0 Å². The van der Waals surface area contributed by atoms with Gasteiger partial charge in [0, 0.05) is 12.3 Å². The summed E-state index contributed by atoms with van der Waals surface area (Å²) < 4.78 is 0. The molecule has 0 aromatic carbocycles. The number of aliphatic hydroxyl groups is 1. The largest absolute Gasteiger partial charge is 0.461 e. The Kier molecular flexibility index (Phi) is 17.9. The van der Waals surface area contributed by atoms with Gasteiger partial charge in [-0.15, -0.1) is 0 Å². The lowest BCUT2D eigenvalue weighted by Gasteiger charge is -2.02. The molecule has 0 rings (SSSR count). The molecule has 0 amide bonds. The molecule has 0 saturated carbocycles. The molecule has 1 heteroatoms. The third-order valence-electron chi connectivity index (χ3n) is 3.86. The molecule has 120 valence electrons. The molecular formula is C20H34O. The summed E-state index contributed by atoms with van der Waals surface area (Å²) in [6.45, 7) is 2.28. The average Bonchev–Trinajstić information content (AvgIpc) is 2.50. The van der Waals surface area contributed by atoms with Crippen molar-refractivity contribution in [1.82, 2.24) is 0 Å². The zero-order valence-electron chi connectivity index (χ0n) is 14.1. The van der Waals surface area contributed by atoms with E-state index in [-0.39, 0.29) is 0 Å². The SMILES string of the molecule is CCCCCCCCCCCCCCCCC#CC#CO. The Morgan fingerprint density at radius 3 is 1.43 bits per heavy atom. The van der Waals surface area contributed by atoms with Gasteiger partial charge >= 0.3 is 0 Å². The topological polar surface area (TPSA) is 20.2 Å². The lowest BCUT2D eigenvalue weighted by atomic mass is 10.0. The molecule has 21 heavy (non-hydrogen) atoms. The minimum absolute atomic E-state index is 0.909. The lowest BCUT2D eigenvalue weighted by molar-refractivity contribution is 0.517. The van der Waals surface area contributed by atoms with Crippen LogP contribution in [0.5, 0.6) is 0 Å². The molecule has 0 aliphatic carbocycles. The van der Waals surface area contributed by atoms with Gasteiger partial charge in [0.05, 0.1) is 0 Å². The molecule has 0 unspecified atom stereocenters. The normalized spacial score (nSPS) is 9.57. The Hall–Kier alpha value is -1.08. The standard InChI is InChI=1S/C20H34O/c1-2-3-4-5-6-7-8-9-10-11-12-13-14-15-16-17-18-19-20-21/h21H,2-16H2,1H3. The molecule has 0 bridgehead atoms. The van der Waals surface area contributed by atoms with E-state index in [1.54, 1.807) is 6.11 Å². The summed E-state index contributed by atoms with van der Waals surface area (Å²) in [7, 11) is 0. The highest BCUT2D eigenvalue weighted by Crippen LogP contribution is 2.13. The fourth-order valence-electron chi connectivity index (χ4n) is 2.54. The van der Waals surface area contributed by atoms with Gasteiger partial charge in [-0.3, -0.25) is 0 Å². The number of rotatable bonds is 14. The number of hydrogen-bond donors (Lipinski definition) is 1. The maximum Gasteiger partial charge on any atom is 0.122 e. The van der Waals surface area contributed by atoms with Gasteiger partial charge in [-0.1, -0.05) is 96.3 Å². The minimum atomic E-state index is 0.909. The predicted molar refractivity (Wildman–Crippen MR) is 92.4 cm³/mol. The van der Waals surface area contributed by atoms with Crippen molar-refractivity contribution >= 4 is 0 Å². The van der Waals surface area contributed by atoms with Crippen molar-refractivity contribution < 1.29 is 5.11 Å². The van der Waals surface area contributed by atoms with Gasteiger partial charge in [0.15, 0.2) is 0 Å². The van der Waals surface area contributed by atoms with Crippen molar-refractivity contribution in [3.8, 4) is 23.9 Å². The summed E-state index contributed by atoms with van der Waals surface area (Å²) in [5.74, 6) is 7.91. The third kappa shape index (κ3) is 18.9. The summed E-state index contributed by atoms with van der Waals surface area (Å²) in [6.07, 6.45) is 22.1. The first kappa shape index (κ1) is 19.9. The molecule has 0 aromatic heterocycles. The maximum absolute atomic E-state index is 8.23. The zero-order valence-corrected chi connectivity index (χ0v) is 14.1. The Labute approximate surface area is 132 Å². The van der Waals surface area contributed by atoms with Gasteiger partial charge in [-0.25, -0.2) is 0 Å². The van der Waals surface area contributed by atoms with Crippen LogP contribution in [0.3, 0.4) is 0 Å². The van der Waals surface area contributed by atoms with Gasteiger partial charge in [-0.2, -0.15) is 0 Å². The van der Waals surface area contributed by atoms with Crippen molar-refractivity contribution in [2.24, 2.45) is 0 Å². The molecule has 0 atom stereocenters. The van der Waals surface area contributed by atoms with Gasteiger partial charge in [-0.05, 0) is 12.3 Å². The highest BCUT2D eigenvalue weighted by Gasteiger charge is 1.93. The second-order valence-corrected chi connectivity index (χ2v) is 5.88. The van der Waals surface area contributed by atoms with Crippen LogP contribution in [0.4, 0.5) is 0 Å². The summed E-state index contributed by atoms with van der Waals surface area (Å²) in [4.78, 5) is 0. The molecule has 0 radical (unpaired) electrons. The van der Waals surface area contributed by atoms with Crippen LogP contribution >= 0.6 is 0 Å².